The van der Waals surface area contributed by atoms with Crippen molar-refractivity contribution in [2.24, 2.45) is 5.92 Å². The minimum Gasteiger partial charge on any atom is -0.462 e. The number of anilines is 2. The van der Waals surface area contributed by atoms with Crippen LogP contribution < -0.4 is 10.2 Å². The van der Waals surface area contributed by atoms with E-state index < -0.39 is 35.3 Å². The molecule has 1 fully saturated rings. The lowest BCUT2D eigenvalue weighted by Crippen LogP contribution is -2.28. The molecule has 1 saturated heterocycles. The van der Waals surface area contributed by atoms with Gasteiger partial charge in [0.25, 0.3) is 11.6 Å². The van der Waals surface area contributed by atoms with Crippen LogP contribution in [0, 0.1) is 16.0 Å². The third-order valence-electron chi connectivity index (χ3n) is 5.29. The van der Waals surface area contributed by atoms with Gasteiger partial charge in [0.1, 0.15) is 0 Å². The van der Waals surface area contributed by atoms with E-state index >= 15 is 0 Å². The number of non-ortho nitro benzene ring substituents is 1. The van der Waals surface area contributed by atoms with Gasteiger partial charge in [-0.2, -0.15) is 0 Å². The summed E-state index contributed by atoms with van der Waals surface area (Å²) in [7, 11) is 0. The van der Waals surface area contributed by atoms with Gasteiger partial charge in [0, 0.05) is 36.5 Å². The molecule has 0 aromatic heterocycles. The average Bonchev–Trinajstić information content (AvgIpc) is 3.24. The number of carbonyl (C=O) groups is 4. The zero-order valence-electron chi connectivity index (χ0n) is 19.1. The Kier molecular flexibility index (Phi) is 8.49. The molecule has 0 aliphatic carbocycles. The summed E-state index contributed by atoms with van der Waals surface area (Å²) in [6.07, 6.45) is 1.61. The van der Waals surface area contributed by atoms with Gasteiger partial charge in [-0.1, -0.05) is 19.4 Å². The quantitative estimate of drug-likeness (QED) is 0.235. The highest BCUT2D eigenvalue weighted by atomic mass is 16.6. The number of amides is 2. The molecule has 1 aliphatic heterocycles. The summed E-state index contributed by atoms with van der Waals surface area (Å²) in [6.45, 7) is 1.81. The van der Waals surface area contributed by atoms with Gasteiger partial charge in [0.2, 0.25) is 5.91 Å². The predicted octanol–water partition coefficient (Wildman–Crippen LogP) is 3.09. The van der Waals surface area contributed by atoms with Gasteiger partial charge in [0.05, 0.1) is 23.0 Å². The van der Waals surface area contributed by atoms with Crippen LogP contribution >= 0.6 is 0 Å². The number of nitro groups is 1. The SMILES string of the molecule is CCCCOC(=O)c1ccc(N2C[C@@H](C(=O)OCC(=O)Nc3cccc([N+](=O)[O-])c3)CC2=O)cc1. The van der Waals surface area contributed by atoms with E-state index in [2.05, 4.69) is 5.32 Å². The Morgan fingerprint density at radius 1 is 1.14 bits per heavy atom. The fraction of sp³-hybridized carbons (Fsp3) is 0.333. The molecule has 2 aromatic carbocycles. The largest absolute Gasteiger partial charge is 0.462 e. The maximum absolute atomic E-state index is 12.4. The van der Waals surface area contributed by atoms with Crippen LogP contribution in [0.5, 0.6) is 0 Å². The van der Waals surface area contributed by atoms with Crippen molar-refractivity contribution in [2.45, 2.75) is 26.2 Å². The Hall–Kier alpha value is -4.28. The fourth-order valence-electron chi connectivity index (χ4n) is 3.43. The number of ether oxygens (including phenoxy) is 2. The average molecular weight is 483 g/mol. The third kappa shape index (κ3) is 6.85. The lowest BCUT2D eigenvalue weighted by Gasteiger charge is -2.17. The van der Waals surface area contributed by atoms with Crippen molar-refractivity contribution >= 4 is 40.8 Å². The molecule has 11 nitrogen and oxygen atoms in total. The van der Waals surface area contributed by atoms with E-state index in [0.717, 1.165) is 12.8 Å². The van der Waals surface area contributed by atoms with Crippen LogP contribution in [0.1, 0.15) is 36.5 Å². The summed E-state index contributed by atoms with van der Waals surface area (Å²) in [5.74, 6) is -2.85. The molecule has 11 heteroatoms. The summed E-state index contributed by atoms with van der Waals surface area (Å²) in [5.41, 5.74) is 0.895. The molecule has 0 bridgehead atoms. The van der Waals surface area contributed by atoms with Gasteiger partial charge >= 0.3 is 11.9 Å². The molecule has 1 heterocycles. The summed E-state index contributed by atoms with van der Waals surface area (Å²) in [5, 5.41) is 13.2. The third-order valence-corrected chi connectivity index (χ3v) is 5.29. The Labute approximate surface area is 201 Å². The number of hydrogen-bond acceptors (Lipinski definition) is 8. The van der Waals surface area contributed by atoms with E-state index in [1.165, 1.54) is 29.2 Å². The first-order valence-electron chi connectivity index (χ1n) is 11.1. The molecule has 184 valence electrons. The Bertz CT molecular complexity index is 1120. The Morgan fingerprint density at radius 3 is 2.57 bits per heavy atom. The number of rotatable bonds is 10. The Morgan fingerprint density at radius 2 is 1.89 bits per heavy atom. The zero-order chi connectivity index (χ0) is 25.4. The summed E-state index contributed by atoms with van der Waals surface area (Å²) >= 11 is 0. The predicted molar refractivity (Wildman–Crippen MR) is 125 cm³/mol. The maximum atomic E-state index is 12.4. The first-order chi connectivity index (χ1) is 16.8. The molecule has 2 aromatic rings. The van der Waals surface area contributed by atoms with Crippen molar-refractivity contribution < 1.29 is 33.6 Å². The first kappa shape index (κ1) is 25.3. The summed E-state index contributed by atoms with van der Waals surface area (Å²) < 4.78 is 10.2. The molecule has 1 atom stereocenters. The molecule has 35 heavy (non-hydrogen) atoms. The van der Waals surface area contributed by atoms with E-state index in [1.807, 2.05) is 6.92 Å². The Balaban J connectivity index is 1.50. The van der Waals surface area contributed by atoms with Crippen LogP contribution in [0.15, 0.2) is 48.5 Å². The van der Waals surface area contributed by atoms with Crippen molar-refractivity contribution in [2.75, 3.05) is 30.0 Å². The zero-order valence-corrected chi connectivity index (χ0v) is 19.1. The molecule has 0 unspecified atom stereocenters. The fourth-order valence-corrected chi connectivity index (χ4v) is 3.43. The number of esters is 2. The molecular formula is C24H25N3O8. The second kappa shape index (κ2) is 11.7. The van der Waals surface area contributed by atoms with Crippen LogP contribution in [-0.2, 0) is 23.9 Å². The minimum absolute atomic E-state index is 0.0739. The van der Waals surface area contributed by atoms with Gasteiger partial charge in [-0.25, -0.2) is 4.79 Å². The van der Waals surface area contributed by atoms with E-state index in [0.29, 0.717) is 17.9 Å². The van der Waals surface area contributed by atoms with E-state index in [4.69, 9.17) is 9.47 Å². The molecule has 1 aliphatic rings. The van der Waals surface area contributed by atoms with Crippen LogP contribution in [0.25, 0.3) is 0 Å². The van der Waals surface area contributed by atoms with Crippen molar-refractivity contribution in [1.82, 2.24) is 0 Å². The number of nitro benzene ring substituents is 1. The number of unbranched alkanes of at least 4 members (excludes halogenated alkanes) is 1. The summed E-state index contributed by atoms with van der Waals surface area (Å²) in [6, 6.07) is 11.7. The summed E-state index contributed by atoms with van der Waals surface area (Å²) in [4.78, 5) is 60.6. The molecule has 3 rings (SSSR count). The van der Waals surface area contributed by atoms with Crippen molar-refractivity contribution in [3.8, 4) is 0 Å². The molecule has 2 amide bonds. The first-order valence-corrected chi connectivity index (χ1v) is 11.1. The monoisotopic (exact) mass is 483 g/mol. The molecular weight excluding hydrogens is 458 g/mol. The van der Waals surface area contributed by atoms with Crippen molar-refractivity contribution in [1.29, 1.82) is 0 Å². The molecule has 0 radical (unpaired) electrons. The smallest absolute Gasteiger partial charge is 0.338 e. The number of benzene rings is 2. The highest BCUT2D eigenvalue weighted by Gasteiger charge is 2.36. The highest BCUT2D eigenvalue weighted by Crippen LogP contribution is 2.26. The molecule has 0 spiro atoms. The standard InChI is InChI=1S/C24H25N3O8/c1-2-3-11-34-23(30)16-7-9-19(10-8-16)26-14-17(12-22(26)29)24(31)35-15-21(28)25-18-5-4-6-20(13-18)27(32)33/h4-10,13,17H,2-3,11-12,14-15H2,1H3,(H,25,28)/t17-/m0/s1. The van der Waals surface area contributed by atoms with Gasteiger partial charge in [-0.05, 0) is 36.8 Å². The normalized spacial score (nSPS) is 14.9. The van der Waals surface area contributed by atoms with Gasteiger partial charge < -0.3 is 19.7 Å². The topological polar surface area (TPSA) is 145 Å². The van der Waals surface area contributed by atoms with Gasteiger partial charge in [-0.15, -0.1) is 0 Å². The van der Waals surface area contributed by atoms with E-state index in [1.54, 1.807) is 24.3 Å². The molecule has 0 saturated carbocycles. The molecule has 1 N–H and O–H groups in total. The number of carbonyl (C=O) groups excluding carboxylic acids is 4. The van der Waals surface area contributed by atoms with Crippen molar-refractivity contribution in [3.05, 3.63) is 64.2 Å². The highest BCUT2D eigenvalue weighted by molar-refractivity contribution is 6.00. The lowest BCUT2D eigenvalue weighted by atomic mass is 10.1. The second-order valence-electron chi connectivity index (χ2n) is 7.91. The number of hydrogen-bond donors (Lipinski definition) is 1. The van der Waals surface area contributed by atoms with Crippen LogP contribution in [0.2, 0.25) is 0 Å². The van der Waals surface area contributed by atoms with Gasteiger partial charge in [-0.3, -0.25) is 24.5 Å². The van der Waals surface area contributed by atoms with E-state index in [-0.39, 0.29) is 30.2 Å². The van der Waals surface area contributed by atoms with Crippen LogP contribution in [0.3, 0.4) is 0 Å². The van der Waals surface area contributed by atoms with Crippen LogP contribution in [-0.4, -0.2) is 48.4 Å². The number of nitrogens with zero attached hydrogens (tertiary/aromatic N) is 2. The van der Waals surface area contributed by atoms with E-state index in [9.17, 15) is 29.3 Å². The maximum Gasteiger partial charge on any atom is 0.338 e. The minimum atomic E-state index is -0.758. The number of nitrogens with one attached hydrogen (secondary N) is 1. The lowest BCUT2D eigenvalue weighted by molar-refractivity contribution is -0.384. The van der Waals surface area contributed by atoms with Crippen LogP contribution in [0.4, 0.5) is 17.1 Å². The van der Waals surface area contributed by atoms with Gasteiger partial charge in [0.15, 0.2) is 6.61 Å². The second-order valence-corrected chi connectivity index (χ2v) is 7.91. The van der Waals surface area contributed by atoms with Crippen molar-refractivity contribution in [3.63, 3.8) is 0 Å².